The first-order valence-electron chi connectivity index (χ1n) is 10.9. The first-order valence-corrected chi connectivity index (χ1v) is 10.9. The van der Waals surface area contributed by atoms with Crippen molar-refractivity contribution in [2.45, 2.75) is 60.4 Å². The van der Waals surface area contributed by atoms with Crippen LogP contribution in [0.25, 0.3) is 0 Å². The van der Waals surface area contributed by atoms with Crippen LogP contribution in [0.3, 0.4) is 0 Å². The lowest BCUT2D eigenvalue weighted by atomic mass is 10.1. The molecule has 0 aliphatic carbocycles. The van der Waals surface area contributed by atoms with E-state index in [0.29, 0.717) is 32.1 Å². The number of nitrogens with zero attached hydrogens (tertiary/aromatic N) is 2. The highest BCUT2D eigenvalue weighted by atomic mass is 16.5. The van der Waals surface area contributed by atoms with Gasteiger partial charge in [-0.05, 0) is 36.5 Å². The van der Waals surface area contributed by atoms with E-state index in [-0.39, 0.29) is 5.91 Å². The first kappa shape index (κ1) is 22.8. The minimum Gasteiger partial charge on any atom is -0.372 e. The van der Waals surface area contributed by atoms with Gasteiger partial charge in [-0.25, -0.2) is 0 Å². The summed E-state index contributed by atoms with van der Waals surface area (Å²) in [7, 11) is 0. The molecule has 0 spiro atoms. The number of hydrogen-bond donors (Lipinski definition) is 1. The standard InChI is InChI=1S/C26H33N3O2/c1-19(2)16-29-21(4)25(20(3)28-29)14-26(30)27-15-23-11-8-12-24(13-23)18-31-17-22-9-6-5-7-10-22/h5-13,19H,14-18H2,1-4H3,(H,27,30). The molecular formula is C26H33N3O2. The van der Waals surface area contributed by atoms with Crippen molar-refractivity contribution < 1.29 is 9.53 Å². The number of ether oxygens (including phenoxy) is 1. The zero-order valence-corrected chi connectivity index (χ0v) is 19.0. The van der Waals surface area contributed by atoms with Crippen molar-refractivity contribution in [2.75, 3.05) is 0 Å². The number of hydrogen-bond acceptors (Lipinski definition) is 3. The summed E-state index contributed by atoms with van der Waals surface area (Å²) >= 11 is 0. The van der Waals surface area contributed by atoms with Gasteiger partial charge in [-0.2, -0.15) is 5.10 Å². The lowest BCUT2D eigenvalue weighted by Crippen LogP contribution is -2.25. The van der Waals surface area contributed by atoms with Crippen LogP contribution in [0.15, 0.2) is 54.6 Å². The topological polar surface area (TPSA) is 56.2 Å². The molecule has 1 N–H and O–H groups in total. The zero-order chi connectivity index (χ0) is 22.2. The lowest BCUT2D eigenvalue weighted by molar-refractivity contribution is -0.120. The van der Waals surface area contributed by atoms with Crippen molar-refractivity contribution in [1.29, 1.82) is 0 Å². The van der Waals surface area contributed by atoms with Crippen LogP contribution < -0.4 is 5.32 Å². The number of aromatic nitrogens is 2. The molecule has 0 atom stereocenters. The normalized spacial score (nSPS) is 11.1. The van der Waals surface area contributed by atoms with E-state index >= 15 is 0 Å². The SMILES string of the molecule is Cc1nn(CC(C)C)c(C)c1CC(=O)NCc1cccc(COCc2ccccc2)c1. The molecule has 0 radical (unpaired) electrons. The molecule has 3 aromatic rings. The number of aryl methyl sites for hydroxylation is 1. The highest BCUT2D eigenvalue weighted by Gasteiger charge is 2.15. The van der Waals surface area contributed by atoms with Gasteiger partial charge in [-0.1, -0.05) is 68.4 Å². The predicted octanol–water partition coefficient (Wildman–Crippen LogP) is 4.73. The van der Waals surface area contributed by atoms with Crippen molar-refractivity contribution in [3.05, 3.63) is 88.2 Å². The Morgan fingerprint density at radius 2 is 1.68 bits per heavy atom. The monoisotopic (exact) mass is 419 g/mol. The number of carbonyl (C=O) groups is 1. The molecule has 0 aliphatic rings. The Morgan fingerprint density at radius 1 is 1.00 bits per heavy atom. The molecule has 1 aromatic heterocycles. The minimum atomic E-state index is 0.0148. The molecule has 164 valence electrons. The summed E-state index contributed by atoms with van der Waals surface area (Å²) in [5.74, 6) is 0.532. The molecule has 0 fully saturated rings. The first-order chi connectivity index (χ1) is 14.9. The van der Waals surface area contributed by atoms with Gasteiger partial charge in [0.15, 0.2) is 0 Å². The molecule has 5 nitrogen and oxygen atoms in total. The maximum atomic E-state index is 12.6. The van der Waals surface area contributed by atoms with E-state index in [0.717, 1.165) is 40.2 Å². The lowest BCUT2D eigenvalue weighted by Gasteiger charge is -2.09. The van der Waals surface area contributed by atoms with E-state index in [2.05, 4.69) is 42.5 Å². The van der Waals surface area contributed by atoms with Crippen molar-refractivity contribution in [2.24, 2.45) is 5.92 Å². The van der Waals surface area contributed by atoms with Gasteiger partial charge < -0.3 is 10.1 Å². The molecule has 31 heavy (non-hydrogen) atoms. The molecule has 1 heterocycles. The number of rotatable bonds is 10. The molecule has 2 aromatic carbocycles. The third-order valence-corrected chi connectivity index (χ3v) is 5.27. The second-order valence-electron chi connectivity index (χ2n) is 8.48. The van der Waals surface area contributed by atoms with Gasteiger partial charge in [0, 0.05) is 24.3 Å². The number of amides is 1. The van der Waals surface area contributed by atoms with Crippen molar-refractivity contribution in [3.63, 3.8) is 0 Å². The summed E-state index contributed by atoms with van der Waals surface area (Å²) in [5, 5.41) is 7.65. The summed E-state index contributed by atoms with van der Waals surface area (Å²) in [6.45, 7) is 10.9. The van der Waals surface area contributed by atoms with Crippen LogP contribution >= 0.6 is 0 Å². The Labute approximate surface area is 185 Å². The number of nitrogens with one attached hydrogen (secondary N) is 1. The summed E-state index contributed by atoms with van der Waals surface area (Å²) in [5.41, 5.74) is 6.38. The largest absolute Gasteiger partial charge is 0.372 e. The number of benzene rings is 2. The van der Waals surface area contributed by atoms with E-state index < -0.39 is 0 Å². The highest BCUT2D eigenvalue weighted by molar-refractivity contribution is 5.79. The second-order valence-corrected chi connectivity index (χ2v) is 8.48. The Morgan fingerprint density at radius 3 is 2.42 bits per heavy atom. The molecular weight excluding hydrogens is 386 g/mol. The van der Waals surface area contributed by atoms with Crippen LogP contribution in [0.2, 0.25) is 0 Å². The van der Waals surface area contributed by atoms with Gasteiger partial charge in [0.1, 0.15) is 0 Å². The van der Waals surface area contributed by atoms with Gasteiger partial charge in [-0.3, -0.25) is 9.48 Å². The fourth-order valence-corrected chi connectivity index (χ4v) is 3.63. The summed E-state index contributed by atoms with van der Waals surface area (Å²) in [6, 6.07) is 18.3. The molecule has 0 bridgehead atoms. The van der Waals surface area contributed by atoms with Gasteiger partial charge in [0.2, 0.25) is 5.91 Å². The Hall–Kier alpha value is -2.92. The smallest absolute Gasteiger partial charge is 0.224 e. The Bertz CT molecular complexity index is 993. The molecule has 3 rings (SSSR count). The molecule has 0 saturated heterocycles. The quantitative estimate of drug-likeness (QED) is 0.517. The average Bonchev–Trinajstić information content (AvgIpc) is 3.00. The van der Waals surface area contributed by atoms with Crippen LogP contribution in [-0.2, 0) is 42.3 Å². The third kappa shape index (κ3) is 6.79. The molecule has 0 saturated carbocycles. The van der Waals surface area contributed by atoms with E-state index in [9.17, 15) is 4.79 Å². The molecule has 0 aliphatic heterocycles. The van der Waals surface area contributed by atoms with E-state index in [1.54, 1.807) is 0 Å². The maximum Gasteiger partial charge on any atom is 0.224 e. The fraction of sp³-hybridized carbons (Fsp3) is 0.385. The molecule has 5 heteroatoms. The fourth-order valence-electron chi connectivity index (χ4n) is 3.63. The summed E-state index contributed by atoms with van der Waals surface area (Å²) in [6.07, 6.45) is 0.357. The molecule has 0 unspecified atom stereocenters. The zero-order valence-electron chi connectivity index (χ0n) is 19.0. The third-order valence-electron chi connectivity index (χ3n) is 5.27. The predicted molar refractivity (Wildman–Crippen MR) is 123 cm³/mol. The van der Waals surface area contributed by atoms with E-state index in [1.165, 1.54) is 0 Å². The average molecular weight is 420 g/mol. The molecule has 1 amide bonds. The van der Waals surface area contributed by atoms with Crippen LogP contribution in [0.4, 0.5) is 0 Å². The van der Waals surface area contributed by atoms with Gasteiger partial charge in [0.05, 0.1) is 25.3 Å². The minimum absolute atomic E-state index is 0.0148. The van der Waals surface area contributed by atoms with E-state index in [4.69, 9.17) is 4.74 Å². The van der Waals surface area contributed by atoms with Crippen LogP contribution in [-0.4, -0.2) is 15.7 Å². The summed E-state index contributed by atoms with van der Waals surface area (Å²) < 4.78 is 7.84. The van der Waals surface area contributed by atoms with Crippen LogP contribution in [0, 0.1) is 19.8 Å². The Kier molecular flexibility index (Phi) is 8.01. The van der Waals surface area contributed by atoms with Crippen molar-refractivity contribution >= 4 is 5.91 Å². The van der Waals surface area contributed by atoms with Gasteiger partial charge >= 0.3 is 0 Å². The second kappa shape index (κ2) is 10.9. The maximum absolute atomic E-state index is 12.6. The van der Waals surface area contributed by atoms with Crippen LogP contribution in [0.5, 0.6) is 0 Å². The summed E-state index contributed by atoms with van der Waals surface area (Å²) in [4.78, 5) is 12.6. The Balaban J connectivity index is 1.50. The van der Waals surface area contributed by atoms with Gasteiger partial charge in [0.25, 0.3) is 0 Å². The van der Waals surface area contributed by atoms with Crippen LogP contribution in [0.1, 0.15) is 47.5 Å². The van der Waals surface area contributed by atoms with E-state index in [1.807, 2.05) is 54.9 Å². The number of carbonyl (C=O) groups excluding carboxylic acids is 1. The highest BCUT2D eigenvalue weighted by Crippen LogP contribution is 2.15. The van der Waals surface area contributed by atoms with Gasteiger partial charge in [-0.15, -0.1) is 0 Å². The van der Waals surface area contributed by atoms with Crippen molar-refractivity contribution in [1.82, 2.24) is 15.1 Å². The van der Waals surface area contributed by atoms with Crippen molar-refractivity contribution in [3.8, 4) is 0 Å².